The molecule has 3 aliphatic rings. The number of carboxylic acids is 1. The van der Waals surface area contributed by atoms with Gasteiger partial charge in [0, 0.05) is 19.2 Å². The number of rotatable bonds is 4. The third-order valence-electron chi connectivity index (χ3n) is 4.69. The fourth-order valence-corrected chi connectivity index (χ4v) is 2.96. The SMILES string of the molecule is C[C@@]1(C(=O)O)CCN(C(=O)C=C(C2CC2)C2CC2)C1. The van der Waals surface area contributed by atoms with Gasteiger partial charge in [-0.25, -0.2) is 0 Å². The Morgan fingerprint density at radius 1 is 1.21 bits per heavy atom. The molecule has 1 amide bonds. The molecule has 104 valence electrons. The van der Waals surface area contributed by atoms with Crippen molar-refractivity contribution in [2.24, 2.45) is 17.3 Å². The Bertz CT molecular complexity index is 434. The highest BCUT2D eigenvalue weighted by molar-refractivity contribution is 5.90. The quantitative estimate of drug-likeness (QED) is 0.790. The van der Waals surface area contributed by atoms with Gasteiger partial charge < -0.3 is 10.0 Å². The number of hydrogen-bond acceptors (Lipinski definition) is 2. The molecule has 0 unspecified atom stereocenters. The minimum absolute atomic E-state index is 0.0266. The van der Waals surface area contributed by atoms with Crippen molar-refractivity contribution in [3.8, 4) is 0 Å². The van der Waals surface area contributed by atoms with Gasteiger partial charge in [-0.1, -0.05) is 5.57 Å². The van der Waals surface area contributed by atoms with Crippen LogP contribution < -0.4 is 0 Å². The summed E-state index contributed by atoms with van der Waals surface area (Å²) in [6, 6.07) is 0. The summed E-state index contributed by atoms with van der Waals surface area (Å²) < 4.78 is 0. The second-order valence-electron chi connectivity index (χ2n) is 6.57. The predicted molar refractivity (Wildman–Crippen MR) is 70.5 cm³/mol. The normalized spacial score (nSPS) is 30.3. The van der Waals surface area contributed by atoms with Gasteiger partial charge in [0.25, 0.3) is 0 Å². The summed E-state index contributed by atoms with van der Waals surface area (Å²) in [4.78, 5) is 25.2. The average Bonchev–Trinajstić information content (AvgIpc) is 3.25. The largest absolute Gasteiger partial charge is 0.481 e. The first kappa shape index (κ1) is 12.7. The van der Waals surface area contributed by atoms with Gasteiger partial charge in [0.1, 0.15) is 0 Å². The van der Waals surface area contributed by atoms with Crippen molar-refractivity contribution in [2.45, 2.75) is 39.0 Å². The number of aliphatic carboxylic acids is 1. The van der Waals surface area contributed by atoms with Gasteiger partial charge in [0.2, 0.25) is 5.91 Å². The molecule has 2 aliphatic carbocycles. The molecule has 1 saturated heterocycles. The van der Waals surface area contributed by atoms with Crippen LogP contribution in [-0.2, 0) is 9.59 Å². The van der Waals surface area contributed by atoms with Crippen molar-refractivity contribution in [1.82, 2.24) is 4.90 Å². The maximum Gasteiger partial charge on any atom is 0.311 e. The van der Waals surface area contributed by atoms with Crippen LogP contribution in [0.3, 0.4) is 0 Å². The standard InChI is InChI=1S/C15H21NO3/c1-15(14(18)19)6-7-16(9-15)13(17)8-12(10-2-3-10)11-4-5-11/h8,10-11H,2-7,9H2,1H3,(H,18,19)/t15-/m1/s1. The summed E-state index contributed by atoms with van der Waals surface area (Å²) in [5, 5.41) is 9.20. The molecule has 0 aromatic rings. The molecule has 3 fully saturated rings. The Kier molecular flexibility index (Phi) is 2.91. The molecule has 19 heavy (non-hydrogen) atoms. The van der Waals surface area contributed by atoms with Crippen LogP contribution in [-0.4, -0.2) is 35.0 Å². The lowest BCUT2D eigenvalue weighted by atomic mass is 9.90. The molecule has 0 aromatic heterocycles. The number of carboxylic acid groups (broad SMARTS) is 1. The van der Waals surface area contributed by atoms with Crippen molar-refractivity contribution in [1.29, 1.82) is 0 Å². The molecule has 0 aromatic carbocycles. The first-order chi connectivity index (χ1) is 8.99. The van der Waals surface area contributed by atoms with Gasteiger partial charge in [0.15, 0.2) is 0 Å². The molecule has 1 aliphatic heterocycles. The maximum atomic E-state index is 12.3. The molecule has 4 heteroatoms. The van der Waals surface area contributed by atoms with E-state index in [0.29, 0.717) is 31.3 Å². The number of allylic oxidation sites excluding steroid dienone is 1. The topological polar surface area (TPSA) is 57.6 Å². The highest BCUT2D eigenvalue weighted by Crippen LogP contribution is 2.48. The molecule has 0 radical (unpaired) electrons. The summed E-state index contributed by atoms with van der Waals surface area (Å²) in [6.45, 7) is 2.65. The number of carbonyl (C=O) groups is 2. The molecular formula is C15H21NO3. The Balaban J connectivity index is 1.68. The zero-order chi connectivity index (χ0) is 13.6. The van der Waals surface area contributed by atoms with Crippen LogP contribution in [0.25, 0.3) is 0 Å². The summed E-state index contributed by atoms with van der Waals surface area (Å²) in [5.41, 5.74) is 0.581. The zero-order valence-electron chi connectivity index (χ0n) is 11.4. The Labute approximate surface area is 113 Å². The van der Waals surface area contributed by atoms with Crippen LogP contribution >= 0.6 is 0 Å². The summed E-state index contributed by atoms with van der Waals surface area (Å²) >= 11 is 0. The number of nitrogens with zero attached hydrogens (tertiary/aromatic N) is 1. The molecule has 3 rings (SSSR count). The van der Waals surface area contributed by atoms with Crippen LogP contribution in [0, 0.1) is 17.3 Å². The van der Waals surface area contributed by atoms with Crippen molar-refractivity contribution in [3.05, 3.63) is 11.6 Å². The maximum absolute atomic E-state index is 12.3. The minimum Gasteiger partial charge on any atom is -0.481 e. The Morgan fingerprint density at radius 2 is 1.79 bits per heavy atom. The number of amides is 1. The van der Waals surface area contributed by atoms with Crippen LogP contribution in [0.5, 0.6) is 0 Å². The van der Waals surface area contributed by atoms with Crippen LogP contribution in [0.4, 0.5) is 0 Å². The van der Waals surface area contributed by atoms with Gasteiger partial charge in [-0.2, -0.15) is 0 Å². The molecule has 0 bridgehead atoms. The molecule has 1 N–H and O–H groups in total. The van der Waals surface area contributed by atoms with Crippen LogP contribution in [0.15, 0.2) is 11.6 Å². The third kappa shape index (κ3) is 2.53. The highest BCUT2D eigenvalue weighted by Gasteiger charge is 2.42. The first-order valence-corrected chi connectivity index (χ1v) is 7.23. The van der Waals surface area contributed by atoms with E-state index in [1.807, 2.05) is 6.08 Å². The van der Waals surface area contributed by atoms with Crippen molar-refractivity contribution in [2.75, 3.05) is 13.1 Å². The lowest BCUT2D eigenvalue weighted by Crippen LogP contribution is -2.34. The number of carbonyl (C=O) groups excluding carboxylic acids is 1. The summed E-state index contributed by atoms with van der Waals surface area (Å²) in [7, 11) is 0. The van der Waals surface area contributed by atoms with Crippen molar-refractivity contribution >= 4 is 11.9 Å². The third-order valence-corrected chi connectivity index (χ3v) is 4.69. The van der Waals surface area contributed by atoms with Gasteiger partial charge in [-0.05, 0) is 50.9 Å². The van der Waals surface area contributed by atoms with E-state index in [1.165, 1.54) is 31.3 Å². The van der Waals surface area contributed by atoms with E-state index in [-0.39, 0.29) is 5.91 Å². The Morgan fingerprint density at radius 3 is 2.21 bits per heavy atom. The second-order valence-corrected chi connectivity index (χ2v) is 6.57. The van der Waals surface area contributed by atoms with E-state index in [4.69, 9.17) is 0 Å². The smallest absolute Gasteiger partial charge is 0.311 e. The Hall–Kier alpha value is -1.32. The molecule has 4 nitrogen and oxygen atoms in total. The first-order valence-electron chi connectivity index (χ1n) is 7.23. The van der Waals surface area contributed by atoms with Gasteiger partial charge in [0.05, 0.1) is 5.41 Å². The second kappa shape index (κ2) is 4.36. The molecular weight excluding hydrogens is 242 g/mol. The summed E-state index contributed by atoms with van der Waals surface area (Å²) in [6.07, 6.45) is 7.28. The van der Waals surface area contributed by atoms with Gasteiger partial charge in [-0.3, -0.25) is 9.59 Å². The number of hydrogen-bond donors (Lipinski definition) is 1. The minimum atomic E-state index is -0.795. The van der Waals surface area contributed by atoms with Crippen molar-refractivity contribution < 1.29 is 14.7 Å². The van der Waals surface area contributed by atoms with E-state index < -0.39 is 11.4 Å². The van der Waals surface area contributed by atoms with Crippen LogP contribution in [0.2, 0.25) is 0 Å². The average molecular weight is 263 g/mol. The lowest BCUT2D eigenvalue weighted by molar-refractivity contribution is -0.147. The predicted octanol–water partition coefficient (Wildman–Crippen LogP) is 2.06. The van der Waals surface area contributed by atoms with E-state index in [9.17, 15) is 14.7 Å². The molecule has 2 saturated carbocycles. The fourth-order valence-electron chi connectivity index (χ4n) is 2.96. The zero-order valence-corrected chi connectivity index (χ0v) is 11.4. The van der Waals surface area contributed by atoms with E-state index in [1.54, 1.807) is 11.8 Å². The highest BCUT2D eigenvalue weighted by atomic mass is 16.4. The monoisotopic (exact) mass is 263 g/mol. The lowest BCUT2D eigenvalue weighted by Gasteiger charge is -2.19. The fraction of sp³-hybridized carbons (Fsp3) is 0.733. The van der Waals surface area contributed by atoms with E-state index >= 15 is 0 Å². The van der Waals surface area contributed by atoms with Gasteiger partial charge in [-0.15, -0.1) is 0 Å². The molecule has 0 spiro atoms. The summed E-state index contributed by atoms with van der Waals surface area (Å²) in [5.74, 6) is 0.519. The molecule has 1 atom stereocenters. The van der Waals surface area contributed by atoms with Gasteiger partial charge >= 0.3 is 5.97 Å². The number of likely N-dealkylation sites (tertiary alicyclic amines) is 1. The van der Waals surface area contributed by atoms with Crippen molar-refractivity contribution in [3.63, 3.8) is 0 Å². The van der Waals surface area contributed by atoms with Crippen LogP contribution in [0.1, 0.15) is 39.0 Å². The van der Waals surface area contributed by atoms with E-state index in [0.717, 1.165) is 0 Å². The molecule has 1 heterocycles. The van der Waals surface area contributed by atoms with E-state index in [2.05, 4.69) is 0 Å².